The van der Waals surface area contributed by atoms with E-state index in [1.807, 2.05) is 0 Å². The molecule has 1 atom stereocenters. The van der Waals surface area contributed by atoms with Gasteiger partial charge in [0.05, 0.1) is 17.9 Å². The fraction of sp³-hybridized carbons (Fsp3) is 0.452. The molecule has 2 aromatic heterocycles. The molecule has 3 heterocycles. The van der Waals surface area contributed by atoms with E-state index in [1.54, 1.807) is 44.2 Å². The average Bonchev–Trinajstić information content (AvgIpc) is 3.40. The van der Waals surface area contributed by atoms with Crippen LogP contribution in [0, 0.1) is 5.41 Å². The summed E-state index contributed by atoms with van der Waals surface area (Å²) in [6.45, 7) is 7.16. The number of Topliss-reactive ketones (excluding diaryl/α,β-unsaturated/α-hetero) is 1. The summed E-state index contributed by atoms with van der Waals surface area (Å²) >= 11 is 0. The van der Waals surface area contributed by atoms with Crippen molar-refractivity contribution in [1.82, 2.24) is 15.2 Å². The predicted octanol–water partition coefficient (Wildman–Crippen LogP) is 8.42. The molecular weight excluding hydrogens is 622 g/mol. The number of hydrogen-bond donors (Lipinski definition) is 1. The second-order valence-corrected chi connectivity index (χ2v) is 12.6. The summed E-state index contributed by atoms with van der Waals surface area (Å²) in [5.41, 5.74) is -8.74. The maximum absolute atomic E-state index is 15.0. The number of ketones is 1. The van der Waals surface area contributed by atoms with Crippen molar-refractivity contribution in [3.05, 3.63) is 71.3 Å². The van der Waals surface area contributed by atoms with Gasteiger partial charge in [0.25, 0.3) is 11.8 Å². The Morgan fingerprint density at radius 1 is 0.978 bits per heavy atom. The van der Waals surface area contributed by atoms with Gasteiger partial charge in [-0.3, -0.25) is 10.1 Å². The molecule has 0 aliphatic carbocycles. The lowest BCUT2D eigenvalue weighted by atomic mass is 9.82. The van der Waals surface area contributed by atoms with E-state index in [9.17, 15) is 22.8 Å². The normalized spacial score (nSPS) is 19.0. The number of nitrogens with one attached hydrogen (secondary N) is 1. The Balaban J connectivity index is 1.97. The number of carbonyl (C=O) groups is 2. The molecular formula is C31H32F6N4O5. The number of anilines is 1. The molecule has 1 aromatic carbocycles. The van der Waals surface area contributed by atoms with E-state index >= 15 is 13.2 Å². The number of amides is 1. The van der Waals surface area contributed by atoms with Gasteiger partial charge >= 0.3 is 18.4 Å². The second kappa shape index (κ2) is 12.5. The Kier molecular flexibility index (Phi) is 9.40. The van der Waals surface area contributed by atoms with Crippen molar-refractivity contribution in [3.63, 3.8) is 0 Å². The maximum atomic E-state index is 15.0. The highest BCUT2D eigenvalue weighted by atomic mass is 19.4. The SMILES string of the molecule is CC1(C)CC=CC[C@](OCc2ccccc2)(C(F)(F)F)c2nnc(o2)-c2nc(c(C(F)(F)F)cc2NC(=O)OC(C)(C)C)C(=O)C1. The van der Waals surface area contributed by atoms with E-state index in [0.717, 1.165) is 0 Å². The number of halogens is 6. The predicted molar refractivity (Wildman–Crippen MR) is 152 cm³/mol. The van der Waals surface area contributed by atoms with E-state index < -0.39 is 94.7 Å². The first kappa shape index (κ1) is 34.6. The van der Waals surface area contributed by atoms with Gasteiger partial charge in [-0.15, -0.1) is 10.2 Å². The summed E-state index contributed by atoms with van der Waals surface area (Å²) in [7, 11) is 0. The molecule has 0 radical (unpaired) electrons. The molecule has 0 spiro atoms. The molecule has 3 aromatic rings. The Bertz CT molecular complexity index is 1610. The summed E-state index contributed by atoms with van der Waals surface area (Å²) in [6, 6.07) is 8.47. The van der Waals surface area contributed by atoms with Crippen molar-refractivity contribution < 1.29 is 49.8 Å². The summed E-state index contributed by atoms with van der Waals surface area (Å²) in [5, 5.41) is 9.40. The molecule has 4 bridgehead atoms. The largest absolute Gasteiger partial charge is 0.444 e. The molecule has 1 amide bonds. The molecule has 1 aliphatic heterocycles. The highest BCUT2D eigenvalue weighted by Crippen LogP contribution is 2.47. The molecule has 0 saturated carbocycles. The summed E-state index contributed by atoms with van der Waals surface area (Å²) in [5.74, 6) is -2.87. The van der Waals surface area contributed by atoms with Crippen molar-refractivity contribution in [3.8, 4) is 11.6 Å². The number of carbonyl (C=O) groups excluding carboxylic acids is 2. The zero-order chi connectivity index (χ0) is 34.1. The Labute approximate surface area is 260 Å². The highest BCUT2D eigenvalue weighted by molar-refractivity contribution is 5.98. The fourth-order valence-corrected chi connectivity index (χ4v) is 4.65. The van der Waals surface area contributed by atoms with Crippen molar-refractivity contribution >= 4 is 17.6 Å². The molecule has 0 saturated heterocycles. The number of ether oxygens (including phenoxy) is 2. The van der Waals surface area contributed by atoms with E-state index in [-0.39, 0.29) is 6.42 Å². The van der Waals surface area contributed by atoms with Crippen LogP contribution in [0.3, 0.4) is 0 Å². The molecule has 46 heavy (non-hydrogen) atoms. The minimum absolute atomic E-state index is 0.0208. The summed E-state index contributed by atoms with van der Waals surface area (Å²) < 4.78 is 104. The minimum atomic E-state index is -5.13. The highest BCUT2D eigenvalue weighted by Gasteiger charge is 2.61. The van der Waals surface area contributed by atoms with Crippen molar-refractivity contribution in [2.75, 3.05) is 5.32 Å². The molecule has 9 nitrogen and oxygen atoms in total. The number of benzene rings is 1. The number of hydrogen-bond acceptors (Lipinski definition) is 8. The first-order valence-corrected chi connectivity index (χ1v) is 14.1. The quantitative estimate of drug-likeness (QED) is 0.220. The first-order chi connectivity index (χ1) is 21.2. The number of fused-ring (bicyclic) bond motifs is 5. The Morgan fingerprint density at radius 3 is 2.24 bits per heavy atom. The third-order valence-corrected chi connectivity index (χ3v) is 6.87. The lowest BCUT2D eigenvalue weighted by molar-refractivity contribution is -0.295. The zero-order valence-corrected chi connectivity index (χ0v) is 25.6. The summed E-state index contributed by atoms with van der Waals surface area (Å²) in [4.78, 5) is 29.9. The lowest BCUT2D eigenvalue weighted by Crippen LogP contribution is -2.45. The van der Waals surface area contributed by atoms with E-state index in [4.69, 9.17) is 13.9 Å². The number of alkyl halides is 6. The van der Waals surface area contributed by atoms with Crippen LogP contribution in [0.25, 0.3) is 11.6 Å². The molecule has 248 valence electrons. The smallest absolute Gasteiger partial charge is 0.426 e. The molecule has 4 rings (SSSR count). The van der Waals surface area contributed by atoms with Crippen LogP contribution < -0.4 is 5.32 Å². The van der Waals surface area contributed by atoms with Crippen LogP contribution in [0.15, 0.2) is 53.0 Å². The van der Waals surface area contributed by atoms with Gasteiger partial charge in [0.2, 0.25) is 5.60 Å². The van der Waals surface area contributed by atoms with Crippen LogP contribution in [0.5, 0.6) is 0 Å². The molecule has 0 unspecified atom stereocenters. The van der Waals surface area contributed by atoms with E-state index in [2.05, 4.69) is 20.5 Å². The molecule has 1 N–H and O–H groups in total. The van der Waals surface area contributed by atoms with Crippen LogP contribution >= 0.6 is 0 Å². The third-order valence-electron chi connectivity index (χ3n) is 6.87. The van der Waals surface area contributed by atoms with Gasteiger partial charge in [-0.2, -0.15) is 26.3 Å². The second-order valence-electron chi connectivity index (χ2n) is 12.6. The average molecular weight is 655 g/mol. The van der Waals surface area contributed by atoms with Crippen LogP contribution in [0.1, 0.15) is 81.4 Å². The van der Waals surface area contributed by atoms with Crippen LogP contribution in [0.4, 0.5) is 36.8 Å². The van der Waals surface area contributed by atoms with Gasteiger partial charge in [-0.1, -0.05) is 56.3 Å². The first-order valence-electron chi connectivity index (χ1n) is 14.1. The molecule has 1 aliphatic rings. The minimum Gasteiger partial charge on any atom is -0.444 e. The van der Waals surface area contributed by atoms with Gasteiger partial charge in [0.15, 0.2) is 11.5 Å². The van der Waals surface area contributed by atoms with E-state index in [1.165, 1.54) is 32.9 Å². The Hall–Kier alpha value is -4.27. The van der Waals surface area contributed by atoms with Crippen LogP contribution in [-0.4, -0.2) is 38.8 Å². The molecule has 0 fully saturated rings. The monoisotopic (exact) mass is 654 g/mol. The lowest BCUT2D eigenvalue weighted by Gasteiger charge is -2.32. The topological polar surface area (TPSA) is 116 Å². The van der Waals surface area contributed by atoms with Crippen molar-refractivity contribution in [2.45, 2.75) is 84.0 Å². The van der Waals surface area contributed by atoms with Crippen molar-refractivity contribution in [2.24, 2.45) is 5.41 Å². The summed E-state index contributed by atoms with van der Waals surface area (Å²) in [6.07, 6.45) is -10.1. The van der Waals surface area contributed by atoms with E-state index in [0.29, 0.717) is 11.6 Å². The number of aromatic nitrogens is 3. The zero-order valence-electron chi connectivity index (χ0n) is 25.6. The fourth-order valence-electron chi connectivity index (χ4n) is 4.65. The van der Waals surface area contributed by atoms with Gasteiger partial charge < -0.3 is 13.9 Å². The number of rotatable bonds is 4. The van der Waals surface area contributed by atoms with Crippen LogP contribution in [0.2, 0.25) is 0 Å². The van der Waals surface area contributed by atoms with Crippen molar-refractivity contribution in [1.29, 1.82) is 0 Å². The number of pyridine rings is 1. The Morgan fingerprint density at radius 2 is 1.63 bits per heavy atom. The van der Waals surface area contributed by atoms with Gasteiger partial charge in [0.1, 0.15) is 11.3 Å². The van der Waals surface area contributed by atoms with Gasteiger partial charge in [-0.25, -0.2) is 9.78 Å². The number of allylic oxidation sites excluding steroid dienone is 1. The number of nitrogens with zero attached hydrogens (tertiary/aromatic N) is 3. The van der Waals surface area contributed by atoms with Gasteiger partial charge in [0, 0.05) is 12.8 Å². The molecule has 15 heteroatoms. The van der Waals surface area contributed by atoms with Gasteiger partial charge in [-0.05, 0) is 44.2 Å². The maximum Gasteiger partial charge on any atom is 0.426 e. The van der Waals surface area contributed by atoms with Crippen LogP contribution in [-0.2, 0) is 27.9 Å². The third kappa shape index (κ3) is 7.92. The standard InChI is InChI=1S/C31H32F6N4O5/c1-27(2,3)46-26(43)38-20-15-19(30(32,33)34)22-21(42)16-28(4,5)13-9-10-14-29(31(35,36)37,44-17-18-11-7-6-8-12-18)25-41-40-24(45-25)23(20)39-22/h6-12,15H,13-14,16-17H2,1-5H3,(H,38,43)/t29-/m1/s1.